The van der Waals surface area contributed by atoms with E-state index in [2.05, 4.69) is 43.4 Å². The first-order valence-electron chi connectivity index (χ1n) is 13.0. The van der Waals surface area contributed by atoms with Gasteiger partial charge in [0, 0.05) is 20.5 Å². The number of ether oxygens (including phenoxy) is 3. The second-order valence-corrected chi connectivity index (χ2v) is 9.33. The molecule has 0 aliphatic carbocycles. The summed E-state index contributed by atoms with van der Waals surface area (Å²) >= 11 is 0. The molecule has 32 heavy (non-hydrogen) atoms. The molecule has 0 radical (unpaired) electrons. The van der Waals surface area contributed by atoms with E-state index in [0.717, 1.165) is 37.6 Å². The van der Waals surface area contributed by atoms with Crippen molar-refractivity contribution < 1.29 is 14.2 Å². The highest BCUT2D eigenvalue weighted by Gasteiger charge is 2.31. The van der Waals surface area contributed by atoms with Crippen molar-refractivity contribution in [1.29, 1.82) is 0 Å². The van der Waals surface area contributed by atoms with Crippen LogP contribution in [0.1, 0.15) is 103 Å². The summed E-state index contributed by atoms with van der Waals surface area (Å²) in [7, 11) is 0. The van der Waals surface area contributed by atoms with Crippen molar-refractivity contribution >= 4 is 0 Å². The highest BCUT2D eigenvalue weighted by molar-refractivity contribution is 5.45. The number of hydrogen-bond acceptors (Lipinski definition) is 3. The van der Waals surface area contributed by atoms with Crippen molar-refractivity contribution in [3.63, 3.8) is 0 Å². The van der Waals surface area contributed by atoms with Gasteiger partial charge in [0.15, 0.2) is 11.5 Å². The fraction of sp³-hybridized carbons (Fsp3) is 0.655. The third-order valence-corrected chi connectivity index (χ3v) is 5.74. The van der Waals surface area contributed by atoms with Crippen LogP contribution in [0.3, 0.4) is 0 Å². The summed E-state index contributed by atoms with van der Waals surface area (Å²) in [6.07, 6.45) is 25.6. The second kappa shape index (κ2) is 16.0. The molecule has 0 N–H and O–H groups in total. The summed E-state index contributed by atoms with van der Waals surface area (Å²) < 4.78 is 17.4. The van der Waals surface area contributed by atoms with E-state index in [1.54, 1.807) is 0 Å². The van der Waals surface area contributed by atoms with Gasteiger partial charge < -0.3 is 14.2 Å². The maximum atomic E-state index is 5.83. The van der Waals surface area contributed by atoms with E-state index in [1.165, 1.54) is 76.2 Å². The summed E-state index contributed by atoms with van der Waals surface area (Å²) in [5.41, 5.74) is 1.24. The van der Waals surface area contributed by atoms with Crippen molar-refractivity contribution in [2.75, 3.05) is 13.2 Å². The van der Waals surface area contributed by atoms with E-state index in [-0.39, 0.29) is 0 Å². The van der Waals surface area contributed by atoms with Gasteiger partial charge in [-0.1, -0.05) is 75.8 Å². The molecule has 0 aromatic heterocycles. The van der Waals surface area contributed by atoms with Crippen molar-refractivity contribution in [3.8, 4) is 11.5 Å². The molecule has 0 unspecified atom stereocenters. The van der Waals surface area contributed by atoms with Gasteiger partial charge in [-0.15, -0.1) is 0 Å². The molecule has 0 spiro atoms. The molecule has 180 valence electrons. The molecule has 1 aliphatic rings. The molecule has 0 saturated carbocycles. The number of benzene rings is 1. The lowest BCUT2D eigenvalue weighted by molar-refractivity contribution is -0.0431. The minimum absolute atomic E-state index is 0.557. The number of unbranched alkanes of at least 4 members (excludes halogenated alkanes) is 9. The fourth-order valence-electron chi connectivity index (χ4n) is 3.91. The van der Waals surface area contributed by atoms with Gasteiger partial charge in [0.25, 0.3) is 0 Å². The molecule has 1 heterocycles. The number of allylic oxidation sites excluding steroid dienone is 4. The lowest BCUT2D eigenvalue weighted by Gasteiger charge is -2.16. The average molecular weight is 443 g/mol. The Labute approximate surface area is 197 Å². The van der Waals surface area contributed by atoms with Crippen LogP contribution >= 0.6 is 0 Å². The Morgan fingerprint density at radius 3 is 2.16 bits per heavy atom. The largest absolute Gasteiger partial charge is 0.449 e. The van der Waals surface area contributed by atoms with E-state index in [9.17, 15) is 0 Å². The molecular weight excluding hydrogens is 396 g/mol. The Hall–Kier alpha value is -1.74. The quantitative estimate of drug-likeness (QED) is 0.168. The highest BCUT2D eigenvalue weighted by atomic mass is 16.7. The van der Waals surface area contributed by atoms with Crippen LogP contribution in [0, 0.1) is 0 Å². The van der Waals surface area contributed by atoms with E-state index in [0.29, 0.717) is 0 Å². The minimum atomic E-state index is -0.557. The first-order chi connectivity index (χ1) is 15.6. The first-order valence-corrected chi connectivity index (χ1v) is 13.0. The Kier molecular flexibility index (Phi) is 13.2. The summed E-state index contributed by atoms with van der Waals surface area (Å²) in [4.78, 5) is 0. The summed E-state index contributed by atoms with van der Waals surface area (Å²) in [5.74, 6) is 1.12. The van der Waals surface area contributed by atoms with Crippen LogP contribution in [0.15, 0.2) is 42.5 Å². The standard InChI is InChI=1S/C29H46O3/c1-4-5-6-7-8-9-10-11-12-13-14-15-16-17-18-19-23-30-24-22-26-20-21-27-28(25-26)32-29(2,3)31-27/h8-9,11-12,20-21,25H,4-7,10,13-19,22-24H2,1-3H3/b9-8-,12-11-. The van der Waals surface area contributed by atoms with Gasteiger partial charge in [-0.2, -0.15) is 0 Å². The lowest BCUT2D eigenvalue weighted by atomic mass is 10.1. The molecule has 0 bridgehead atoms. The predicted molar refractivity (Wildman–Crippen MR) is 136 cm³/mol. The summed E-state index contributed by atoms with van der Waals surface area (Å²) in [5, 5.41) is 0. The second-order valence-electron chi connectivity index (χ2n) is 9.33. The third kappa shape index (κ3) is 11.8. The van der Waals surface area contributed by atoms with Crippen LogP contribution in [0.5, 0.6) is 11.5 Å². The third-order valence-electron chi connectivity index (χ3n) is 5.74. The maximum Gasteiger partial charge on any atom is 0.246 e. The van der Waals surface area contributed by atoms with Gasteiger partial charge in [-0.25, -0.2) is 0 Å². The highest BCUT2D eigenvalue weighted by Crippen LogP contribution is 2.39. The molecule has 0 fully saturated rings. The minimum Gasteiger partial charge on any atom is -0.449 e. The lowest BCUT2D eigenvalue weighted by Crippen LogP contribution is -2.29. The smallest absolute Gasteiger partial charge is 0.246 e. The summed E-state index contributed by atoms with van der Waals surface area (Å²) in [6.45, 7) is 7.76. The van der Waals surface area contributed by atoms with Gasteiger partial charge in [0.05, 0.1) is 6.61 Å². The maximum absolute atomic E-state index is 5.83. The van der Waals surface area contributed by atoms with Gasteiger partial charge >= 0.3 is 0 Å². The van der Waals surface area contributed by atoms with E-state index < -0.39 is 5.79 Å². The fourth-order valence-corrected chi connectivity index (χ4v) is 3.91. The molecule has 2 rings (SSSR count). The Morgan fingerprint density at radius 1 is 0.750 bits per heavy atom. The van der Waals surface area contributed by atoms with Gasteiger partial charge in [0.2, 0.25) is 5.79 Å². The van der Waals surface area contributed by atoms with Crippen molar-refractivity contribution in [3.05, 3.63) is 48.1 Å². The topological polar surface area (TPSA) is 27.7 Å². The van der Waals surface area contributed by atoms with Gasteiger partial charge in [0.1, 0.15) is 0 Å². The number of hydrogen-bond donors (Lipinski definition) is 0. The Morgan fingerprint density at radius 2 is 1.41 bits per heavy atom. The monoisotopic (exact) mass is 442 g/mol. The average Bonchev–Trinajstić information content (AvgIpc) is 3.08. The molecule has 3 nitrogen and oxygen atoms in total. The molecule has 0 amide bonds. The van der Waals surface area contributed by atoms with Crippen LogP contribution in [0.2, 0.25) is 0 Å². The van der Waals surface area contributed by atoms with E-state index in [1.807, 2.05) is 19.9 Å². The van der Waals surface area contributed by atoms with Crippen molar-refractivity contribution in [1.82, 2.24) is 0 Å². The molecule has 3 heteroatoms. The van der Waals surface area contributed by atoms with Crippen LogP contribution in [-0.4, -0.2) is 19.0 Å². The Bertz CT molecular complexity index is 675. The SMILES string of the molecule is CCCCC/C=C\C/C=C\CCCCCCCCOCCc1ccc2c(c1)OC(C)(C)O2. The van der Waals surface area contributed by atoms with E-state index in [4.69, 9.17) is 14.2 Å². The Balaban J connectivity index is 1.35. The van der Waals surface area contributed by atoms with Crippen molar-refractivity contribution in [2.24, 2.45) is 0 Å². The zero-order chi connectivity index (χ0) is 22.9. The predicted octanol–water partition coefficient (Wildman–Crippen LogP) is 8.57. The van der Waals surface area contributed by atoms with Crippen LogP contribution in [0.4, 0.5) is 0 Å². The zero-order valence-corrected chi connectivity index (χ0v) is 20.9. The number of rotatable bonds is 18. The molecular formula is C29H46O3. The molecule has 0 atom stereocenters. The molecule has 0 saturated heterocycles. The van der Waals surface area contributed by atoms with Crippen LogP contribution in [0.25, 0.3) is 0 Å². The molecule has 1 aromatic carbocycles. The zero-order valence-electron chi connectivity index (χ0n) is 20.9. The van der Waals surface area contributed by atoms with Gasteiger partial charge in [-0.05, 0) is 62.6 Å². The molecule has 1 aromatic rings. The number of fused-ring (bicyclic) bond motifs is 1. The van der Waals surface area contributed by atoms with E-state index >= 15 is 0 Å². The first kappa shape index (κ1) is 26.5. The van der Waals surface area contributed by atoms with Crippen LogP contribution in [-0.2, 0) is 11.2 Å². The normalized spacial score (nSPS) is 14.7. The van der Waals surface area contributed by atoms with Gasteiger partial charge in [-0.3, -0.25) is 0 Å². The molecule has 1 aliphatic heterocycles. The van der Waals surface area contributed by atoms with Crippen LogP contribution < -0.4 is 9.47 Å². The summed E-state index contributed by atoms with van der Waals surface area (Å²) in [6, 6.07) is 6.18. The van der Waals surface area contributed by atoms with Crippen molar-refractivity contribution in [2.45, 2.75) is 110 Å².